The van der Waals surface area contributed by atoms with Gasteiger partial charge in [-0.2, -0.15) is 0 Å². The molecule has 0 aromatic heterocycles. The highest BCUT2D eigenvalue weighted by Crippen LogP contribution is 2.22. The second-order valence-corrected chi connectivity index (χ2v) is 5.86. The molecular formula is C14H20BNO3. The van der Waals surface area contributed by atoms with Gasteiger partial charge in [-0.3, -0.25) is 0 Å². The van der Waals surface area contributed by atoms with Crippen LogP contribution in [0.3, 0.4) is 0 Å². The van der Waals surface area contributed by atoms with E-state index in [1.807, 2.05) is 40.8 Å². The average Bonchev–Trinajstić information content (AvgIpc) is 2.48. The summed E-state index contributed by atoms with van der Waals surface area (Å²) < 4.78 is 11.1. The number of benzene rings is 1. The van der Waals surface area contributed by atoms with Crippen LogP contribution in [0.5, 0.6) is 5.75 Å². The van der Waals surface area contributed by atoms with Gasteiger partial charge < -0.3 is 14.4 Å². The summed E-state index contributed by atoms with van der Waals surface area (Å²) >= 11 is 0. The van der Waals surface area contributed by atoms with Gasteiger partial charge in [-0.05, 0) is 26.8 Å². The second kappa shape index (κ2) is 5.15. The summed E-state index contributed by atoms with van der Waals surface area (Å²) in [5.41, 5.74) is 1.72. The predicted molar refractivity (Wildman–Crippen MR) is 76.8 cm³/mol. The summed E-state index contributed by atoms with van der Waals surface area (Å²) in [6.07, 6.45) is -0.287. The number of fused-ring (bicyclic) bond motifs is 1. The van der Waals surface area contributed by atoms with Crippen LogP contribution in [0.2, 0.25) is 0 Å². The third-order valence-corrected chi connectivity index (χ3v) is 2.85. The lowest BCUT2D eigenvalue weighted by Gasteiger charge is -2.26. The van der Waals surface area contributed by atoms with Gasteiger partial charge in [0.25, 0.3) is 0 Å². The molecule has 2 rings (SSSR count). The van der Waals surface area contributed by atoms with Crippen molar-refractivity contribution in [3.63, 3.8) is 0 Å². The van der Waals surface area contributed by atoms with E-state index >= 15 is 0 Å². The first kappa shape index (κ1) is 13.8. The molecule has 0 unspecified atom stereocenters. The lowest BCUT2D eigenvalue weighted by molar-refractivity contribution is 0.0225. The minimum Gasteiger partial charge on any atom is -0.491 e. The summed E-state index contributed by atoms with van der Waals surface area (Å²) in [6, 6.07) is 6.03. The molecule has 0 saturated heterocycles. The van der Waals surface area contributed by atoms with Gasteiger partial charge in [-0.25, -0.2) is 4.79 Å². The molecule has 1 aromatic rings. The van der Waals surface area contributed by atoms with Gasteiger partial charge in [-0.1, -0.05) is 17.6 Å². The highest BCUT2D eigenvalue weighted by atomic mass is 16.6. The Labute approximate surface area is 115 Å². The standard InChI is InChI=1S/C14H20BNO3/c1-14(2,3)19-13(17)16-6-7-18-12-5-4-11(15)8-10(12)9-16/h4-5,8H,6-7,9,15H2,1-3H3. The third-order valence-electron chi connectivity index (χ3n) is 2.85. The minimum absolute atomic E-state index is 0.287. The number of rotatable bonds is 0. The van der Waals surface area contributed by atoms with Crippen molar-refractivity contribution in [1.29, 1.82) is 0 Å². The van der Waals surface area contributed by atoms with Crippen molar-refractivity contribution in [2.75, 3.05) is 13.2 Å². The molecule has 1 aliphatic rings. The summed E-state index contributed by atoms with van der Waals surface area (Å²) in [5.74, 6) is 0.858. The fourth-order valence-electron chi connectivity index (χ4n) is 2.01. The van der Waals surface area contributed by atoms with E-state index in [2.05, 4.69) is 6.07 Å². The largest absolute Gasteiger partial charge is 0.491 e. The van der Waals surface area contributed by atoms with Crippen LogP contribution in [-0.2, 0) is 11.3 Å². The van der Waals surface area contributed by atoms with E-state index in [-0.39, 0.29) is 6.09 Å². The first-order valence-electron chi connectivity index (χ1n) is 6.55. The Morgan fingerprint density at radius 2 is 2.16 bits per heavy atom. The molecule has 0 bridgehead atoms. The Bertz CT molecular complexity index is 482. The van der Waals surface area contributed by atoms with Crippen LogP contribution in [-0.4, -0.2) is 37.6 Å². The smallest absolute Gasteiger partial charge is 0.410 e. The summed E-state index contributed by atoms with van der Waals surface area (Å²) in [6.45, 7) is 7.19. The second-order valence-electron chi connectivity index (χ2n) is 5.86. The quantitative estimate of drug-likeness (QED) is 0.656. The van der Waals surface area contributed by atoms with Gasteiger partial charge in [0.2, 0.25) is 0 Å². The fourth-order valence-corrected chi connectivity index (χ4v) is 2.01. The topological polar surface area (TPSA) is 38.8 Å². The molecule has 1 heterocycles. The van der Waals surface area contributed by atoms with E-state index in [0.29, 0.717) is 19.7 Å². The number of ether oxygens (including phenoxy) is 2. The van der Waals surface area contributed by atoms with E-state index in [1.54, 1.807) is 4.90 Å². The normalized spacial score (nSPS) is 15.2. The zero-order valence-corrected chi connectivity index (χ0v) is 12.0. The van der Waals surface area contributed by atoms with Gasteiger partial charge in [0.15, 0.2) is 0 Å². The molecule has 5 heteroatoms. The maximum atomic E-state index is 12.1. The van der Waals surface area contributed by atoms with Crippen molar-refractivity contribution in [1.82, 2.24) is 4.90 Å². The average molecular weight is 261 g/mol. The molecule has 0 radical (unpaired) electrons. The summed E-state index contributed by atoms with van der Waals surface area (Å²) in [7, 11) is 2.03. The van der Waals surface area contributed by atoms with Crippen molar-refractivity contribution < 1.29 is 14.3 Å². The van der Waals surface area contributed by atoms with Crippen LogP contribution in [0.15, 0.2) is 18.2 Å². The van der Waals surface area contributed by atoms with Gasteiger partial charge in [-0.15, -0.1) is 0 Å². The summed E-state index contributed by atoms with van der Waals surface area (Å²) in [4.78, 5) is 13.8. The Balaban J connectivity index is 2.15. The van der Waals surface area contributed by atoms with Crippen LogP contribution in [0.25, 0.3) is 0 Å². The minimum atomic E-state index is -0.473. The van der Waals surface area contributed by atoms with Gasteiger partial charge in [0.1, 0.15) is 25.8 Å². The van der Waals surface area contributed by atoms with Crippen LogP contribution in [0, 0.1) is 0 Å². The van der Waals surface area contributed by atoms with Crippen LogP contribution >= 0.6 is 0 Å². The van der Waals surface area contributed by atoms with Gasteiger partial charge in [0, 0.05) is 5.56 Å². The molecule has 1 aliphatic heterocycles. The molecule has 0 spiro atoms. The van der Waals surface area contributed by atoms with Crippen LogP contribution < -0.4 is 10.2 Å². The highest BCUT2D eigenvalue weighted by Gasteiger charge is 2.24. The maximum absolute atomic E-state index is 12.1. The molecule has 0 saturated carbocycles. The summed E-state index contributed by atoms with van der Waals surface area (Å²) in [5, 5.41) is 0. The zero-order chi connectivity index (χ0) is 14.0. The Morgan fingerprint density at radius 3 is 2.84 bits per heavy atom. The first-order chi connectivity index (χ1) is 8.85. The van der Waals surface area contributed by atoms with Crippen molar-refractivity contribution >= 4 is 19.4 Å². The number of amides is 1. The molecule has 0 atom stereocenters. The highest BCUT2D eigenvalue weighted by molar-refractivity contribution is 6.32. The molecule has 1 amide bonds. The Hall–Kier alpha value is -1.65. The molecule has 1 aromatic carbocycles. The van der Waals surface area contributed by atoms with Crippen LogP contribution in [0.1, 0.15) is 26.3 Å². The Morgan fingerprint density at radius 1 is 1.42 bits per heavy atom. The number of hydrogen-bond acceptors (Lipinski definition) is 3. The molecule has 0 N–H and O–H groups in total. The SMILES string of the molecule is Bc1ccc2c(c1)CN(C(=O)OC(C)(C)C)CCO2. The maximum Gasteiger partial charge on any atom is 0.410 e. The third kappa shape index (κ3) is 3.66. The molecule has 0 fully saturated rings. The molecule has 4 nitrogen and oxygen atoms in total. The van der Waals surface area contributed by atoms with E-state index < -0.39 is 5.60 Å². The lowest BCUT2D eigenvalue weighted by atomic mass is 9.94. The number of carbonyl (C=O) groups excluding carboxylic acids is 1. The monoisotopic (exact) mass is 261 g/mol. The van der Waals surface area contributed by atoms with Gasteiger partial charge in [0.05, 0.1) is 13.1 Å². The zero-order valence-electron chi connectivity index (χ0n) is 12.0. The Kier molecular flexibility index (Phi) is 3.74. The van der Waals surface area contributed by atoms with E-state index in [0.717, 1.165) is 16.8 Å². The van der Waals surface area contributed by atoms with E-state index in [1.165, 1.54) is 0 Å². The van der Waals surface area contributed by atoms with Gasteiger partial charge >= 0.3 is 6.09 Å². The molecular weight excluding hydrogens is 241 g/mol. The number of carbonyl (C=O) groups is 1. The predicted octanol–water partition coefficient (Wildman–Crippen LogP) is 1.07. The van der Waals surface area contributed by atoms with E-state index in [4.69, 9.17) is 9.47 Å². The first-order valence-corrected chi connectivity index (χ1v) is 6.55. The van der Waals surface area contributed by atoms with Crippen molar-refractivity contribution in [2.24, 2.45) is 0 Å². The number of hydrogen-bond donors (Lipinski definition) is 0. The number of nitrogens with zero attached hydrogens (tertiary/aromatic N) is 1. The van der Waals surface area contributed by atoms with Crippen molar-refractivity contribution in [3.05, 3.63) is 23.8 Å². The van der Waals surface area contributed by atoms with Crippen molar-refractivity contribution in [3.8, 4) is 5.75 Å². The van der Waals surface area contributed by atoms with Crippen molar-refractivity contribution in [2.45, 2.75) is 32.9 Å². The molecule has 19 heavy (non-hydrogen) atoms. The fraction of sp³-hybridized carbons (Fsp3) is 0.500. The van der Waals surface area contributed by atoms with Crippen LogP contribution in [0.4, 0.5) is 4.79 Å². The molecule has 102 valence electrons. The molecule has 0 aliphatic carbocycles. The van der Waals surface area contributed by atoms with E-state index in [9.17, 15) is 4.79 Å². The lowest BCUT2D eigenvalue weighted by Crippen LogP contribution is -2.37.